The summed E-state index contributed by atoms with van der Waals surface area (Å²) in [6.45, 7) is 3.96. The third-order valence-electron chi connectivity index (χ3n) is 4.67. The van der Waals surface area contributed by atoms with Gasteiger partial charge in [0.15, 0.2) is 0 Å². The molecule has 0 heterocycles. The molecule has 1 aliphatic carbocycles. The van der Waals surface area contributed by atoms with Crippen molar-refractivity contribution in [1.82, 2.24) is 0 Å². The van der Waals surface area contributed by atoms with Gasteiger partial charge in [0, 0.05) is 0 Å². The van der Waals surface area contributed by atoms with Crippen LogP contribution in [0.4, 0.5) is 0 Å². The fourth-order valence-electron chi connectivity index (χ4n) is 3.33. The third-order valence-corrected chi connectivity index (χ3v) is 4.67. The Labute approximate surface area is 137 Å². The summed E-state index contributed by atoms with van der Waals surface area (Å²) in [6.07, 6.45) is 7.10. The van der Waals surface area contributed by atoms with E-state index in [-0.39, 0.29) is 0 Å². The average Bonchev–Trinajstić information content (AvgIpc) is 2.54. The Morgan fingerprint density at radius 3 is 2.48 bits per heavy atom. The first-order chi connectivity index (χ1) is 11.0. The largest absolute Gasteiger partial charge is 0.478 e. The topological polar surface area (TPSA) is 37.3 Å². The lowest BCUT2D eigenvalue weighted by Crippen LogP contribution is -2.02. The van der Waals surface area contributed by atoms with Crippen LogP contribution in [0.3, 0.4) is 0 Å². The first-order valence-electron chi connectivity index (χ1n) is 8.19. The predicted octanol–water partition coefficient (Wildman–Crippen LogP) is 5.13. The number of carboxylic acid groups (broad SMARTS) is 1. The van der Waals surface area contributed by atoms with Crippen LogP contribution in [0.1, 0.15) is 57.9 Å². The van der Waals surface area contributed by atoms with Crippen molar-refractivity contribution >= 4 is 17.6 Å². The highest BCUT2D eigenvalue weighted by Crippen LogP contribution is 2.26. The van der Waals surface area contributed by atoms with Crippen LogP contribution in [-0.2, 0) is 12.8 Å². The van der Waals surface area contributed by atoms with E-state index in [0.717, 1.165) is 11.1 Å². The van der Waals surface area contributed by atoms with Crippen molar-refractivity contribution in [1.29, 1.82) is 0 Å². The average molecular weight is 306 g/mol. The normalized spacial score (nSPS) is 14.4. The fraction of sp³-hybridized carbons (Fsp3) is 0.286. The molecule has 0 unspecified atom stereocenters. The Morgan fingerprint density at radius 1 is 1.04 bits per heavy atom. The second-order valence-electron chi connectivity index (χ2n) is 6.40. The first kappa shape index (κ1) is 15.5. The zero-order chi connectivity index (χ0) is 16.4. The minimum absolute atomic E-state index is 0.369. The molecule has 0 spiro atoms. The van der Waals surface area contributed by atoms with Crippen molar-refractivity contribution in [3.8, 4) is 0 Å². The zero-order valence-electron chi connectivity index (χ0n) is 13.7. The summed E-state index contributed by atoms with van der Waals surface area (Å²) in [7, 11) is 0. The minimum Gasteiger partial charge on any atom is -0.478 e. The zero-order valence-corrected chi connectivity index (χ0v) is 13.7. The number of fused-ring (bicyclic) bond motifs is 1. The molecular weight excluding hydrogens is 284 g/mol. The smallest absolute Gasteiger partial charge is 0.335 e. The molecule has 0 bridgehead atoms. The maximum absolute atomic E-state index is 11.1. The van der Waals surface area contributed by atoms with Gasteiger partial charge in [-0.2, -0.15) is 0 Å². The molecule has 2 nitrogen and oxygen atoms in total. The molecule has 0 radical (unpaired) electrons. The van der Waals surface area contributed by atoms with Gasteiger partial charge < -0.3 is 5.11 Å². The van der Waals surface area contributed by atoms with E-state index in [1.165, 1.54) is 47.9 Å². The van der Waals surface area contributed by atoms with Crippen LogP contribution in [0.15, 0.2) is 36.4 Å². The lowest BCUT2D eigenvalue weighted by Gasteiger charge is -2.16. The summed E-state index contributed by atoms with van der Waals surface area (Å²) in [5.74, 6) is -0.871. The van der Waals surface area contributed by atoms with Crippen LogP contribution in [0, 0.1) is 6.92 Å². The predicted molar refractivity (Wildman–Crippen MR) is 94.8 cm³/mol. The van der Waals surface area contributed by atoms with E-state index in [0.29, 0.717) is 5.56 Å². The summed E-state index contributed by atoms with van der Waals surface area (Å²) >= 11 is 0. The summed E-state index contributed by atoms with van der Waals surface area (Å²) in [5.41, 5.74) is 7.65. The van der Waals surface area contributed by atoms with Crippen LogP contribution < -0.4 is 0 Å². The van der Waals surface area contributed by atoms with E-state index in [2.05, 4.69) is 31.2 Å². The molecule has 2 aromatic rings. The van der Waals surface area contributed by atoms with Gasteiger partial charge in [-0.3, -0.25) is 0 Å². The molecule has 2 aromatic carbocycles. The highest BCUT2D eigenvalue weighted by Gasteiger charge is 2.10. The quantitative estimate of drug-likeness (QED) is 0.798. The molecule has 118 valence electrons. The molecule has 2 heteroatoms. The fourth-order valence-corrected chi connectivity index (χ4v) is 3.33. The molecule has 23 heavy (non-hydrogen) atoms. The van der Waals surface area contributed by atoms with Gasteiger partial charge in [-0.1, -0.05) is 36.4 Å². The number of benzene rings is 2. The van der Waals surface area contributed by atoms with Crippen LogP contribution in [-0.4, -0.2) is 11.1 Å². The van der Waals surface area contributed by atoms with E-state index >= 15 is 0 Å². The van der Waals surface area contributed by atoms with Crippen molar-refractivity contribution in [2.24, 2.45) is 0 Å². The Kier molecular flexibility index (Phi) is 4.33. The number of carbonyl (C=O) groups is 1. The van der Waals surface area contributed by atoms with Crippen molar-refractivity contribution < 1.29 is 9.90 Å². The first-order valence-corrected chi connectivity index (χ1v) is 8.19. The molecule has 0 aliphatic heterocycles. The molecule has 0 fully saturated rings. The Morgan fingerprint density at radius 2 is 1.78 bits per heavy atom. The van der Waals surface area contributed by atoms with Crippen molar-refractivity contribution in [2.75, 3.05) is 0 Å². The lowest BCUT2D eigenvalue weighted by molar-refractivity contribution is 0.0696. The van der Waals surface area contributed by atoms with Crippen LogP contribution in [0.5, 0.6) is 0 Å². The van der Waals surface area contributed by atoms with E-state index in [1.807, 2.05) is 19.1 Å². The van der Waals surface area contributed by atoms with E-state index in [9.17, 15) is 4.79 Å². The van der Waals surface area contributed by atoms with Crippen LogP contribution in [0.2, 0.25) is 0 Å². The lowest BCUT2D eigenvalue weighted by atomic mass is 9.89. The number of allylic oxidation sites excluding steroid dienone is 1. The number of carboxylic acids is 1. The molecule has 0 amide bonds. The van der Waals surface area contributed by atoms with Gasteiger partial charge in [-0.25, -0.2) is 4.79 Å². The van der Waals surface area contributed by atoms with Gasteiger partial charge >= 0.3 is 5.97 Å². The monoisotopic (exact) mass is 306 g/mol. The Hall–Kier alpha value is -2.35. The molecule has 1 N–H and O–H groups in total. The number of aromatic carboxylic acids is 1. The maximum atomic E-state index is 11.1. The summed E-state index contributed by atoms with van der Waals surface area (Å²) in [6, 6.07) is 12.3. The van der Waals surface area contributed by atoms with Gasteiger partial charge in [0.05, 0.1) is 5.56 Å². The molecule has 0 saturated carbocycles. The Bertz CT molecular complexity index is 784. The van der Waals surface area contributed by atoms with E-state index in [1.54, 1.807) is 6.07 Å². The number of rotatable bonds is 3. The highest BCUT2D eigenvalue weighted by molar-refractivity contribution is 5.90. The van der Waals surface area contributed by atoms with E-state index < -0.39 is 5.97 Å². The summed E-state index contributed by atoms with van der Waals surface area (Å²) in [4.78, 5) is 11.1. The number of aryl methyl sites for hydroxylation is 3. The molecule has 0 aromatic heterocycles. The van der Waals surface area contributed by atoms with Gasteiger partial charge in [0.2, 0.25) is 0 Å². The molecular formula is C21H22O2. The molecule has 1 aliphatic rings. The second-order valence-corrected chi connectivity index (χ2v) is 6.40. The van der Waals surface area contributed by atoms with Crippen molar-refractivity contribution in [3.05, 3.63) is 69.8 Å². The summed E-state index contributed by atoms with van der Waals surface area (Å²) in [5, 5.41) is 9.11. The highest BCUT2D eigenvalue weighted by atomic mass is 16.4. The Balaban J connectivity index is 1.90. The summed E-state index contributed by atoms with van der Waals surface area (Å²) < 4.78 is 0. The van der Waals surface area contributed by atoms with Gasteiger partial charge in [-0.05, 0) is 79.0 Å². The van der Waals surface area contributed by atoms with Gasteiger partial charge in [0.25, 0.3) is 0 Å². The number of hydrogen-bond acceptors (Lipinski definition) is 1. The third kappa shape index (κ3) is 3.37. The van der Waals surface area contributed by atoms with Gasteiger partial charge in [0.1, 0.15) is 0 Å². The van der Waals surface area contributed by atoms with Crippen molar-refractivity contribution in [3.63, 3.8) is 0 Å². The van der Waals surface area contributed by atoms with Crippen molar-refractivity contribution in [2.45, 2.75) is 39.5 Å². The maximum Gasteiger partial charge on any atom is 0.335 e. The molecule has 3 rings (SSSR count). The number of hydrogen-bond donors (Lipinski definition) is 1. The SMILES string of the molecule is C/C(=C\c1ccc(C(=O)O)c(C)c1)c1ccc2c(c1)CCCC2. The molecule has 0 atom stereocenters. The minimum atomic E-state index is -0.871. The van der Waals surface area contributed by atoms with Crippen LogP contribution in [0.25, 0.3) is 11.6 Å². The standard InChI is InChI=1S/C21H22O2/c1-14(11-16-7-10-20(21(22)23)15(2)12-16)18-9-8-17-5-3-4-6-19(17)13-18/h7-13H,3-6H2,1-2H3,(H,22,23)/b14-11+. The molecule has 0 saturated heterocycles. The second kappa shape index (κ2) is 6.41. The van der Waals surface area contributed by atoms with E-state index in [4.69, 9.17) is 5.11 Å². The van der Waals surface area contributed by atoms with Crippen LogP contribution >= 0.6 is 0 Å². The van der Waals surface area contributed by atoms with Gasteiger partial charge in [-0.15, -0.1) is 0 Å².